The first-order valence-corrected chi connectivity index (χ1v) is 8.45. The van der Waals surface area contributed by atoms with E-state index in [1.54, 1.807) is 24.3 Å². The molecule has 0 radical (unpaired) electrons. The van der Waals surface area contributed by atoms with Gasteiger partial charge in [-0.25, -0.2) is 9.69 Å². The molecule has 1 fully saturated rings. The first-order valence-electron chi connectivity index (χ1n) is 7.06. The summed E-state index contributed by atoms with van der Waals surface area (Å²) in [4.78, 5) is 48.3. The van der Waals surface area contributed by atoms with Crippen molar-refractivity contribution in [2.24, 2.45) is 0 Å². The highest BCUT2D eigenvalue weighted by Gasteiger charge is 2.32. The predicted octanol–water partition coefficient (Wildman–Crippen LogP) is 2.14. The summed E-state index contributed by atoms with van der Waals surface area (Å²) in [6.45, 7) is 0. The summed E-state index contributed by atoms with van der Waals surface area (Å²) in [5.41, 5.74) is -0.405. The lowest BCUT2D eigenvalue weighted by Crippen LogP contribution is -2.33. The third-order valence-electron chi connectivity index (χ3n) is 3.50. The van der Waals surface area contributed by atoms with Crippen LogP contribution in [0.1, 0.15) is 23.2 Å². The summed E-state index contributed by atoms with van der Waals surface area (Å²) in [7, 11) is 0. The van der Waals surface area contributed by atoms with Gasteiger partial charge in [0.2, 0.25) is 11.8 Å². The summed E-state index contributed by atoms with van der Waals surface area (Å²) < 4.78 is 5.15. The molecule has 2 heterocycles. The molecule has 0 saturated carbocycles. The lowest BCUT2D eigenvalue weighted by Gasteiger charge is -2.13. The molecule has 0 unspecified atom stereocenters. The number of para-hydroxylation sites is 1. The van der Waals surface area contributed by atoms with E-state index in [1.165, 1.54) is 6.07 Å². The molecule has 1 saturated heterocycles. The molecule has 6 nitrogen and oxygen atoms in total. The Labute approximate surface area is 145 Å². The van der Waals surface area contributed by atoms with Crippen molar-refractivity contribution in [1.29, 1.82) is 0 Å². The fourth-order valence-corrected chi connectivity index (χ4v) is 3.43. The molecule has 1 aliphatic heterocycles. The molecule has 2 aromatic rings. The molecule has 0 atom stereocenters. The maximum atomic E-state index is 12.3. The van der Waals surface area contributed by atoms with Crippen molar-refractivity contribution in [2.45, 2.75) is 12.8 Å². The van der Waals surface area contributed by atoms with Gasteiger partial charge in [-0.3, -0.25) is 14.4 Å². The van der Waals surface area contributed by atoms with Gasteiger partial charge >= 0.3 is 5.63 Å². The number of fused-ring (bicyclic) bond motifs is 1. The fourth-order valence-electron chi connectivity index (χ4n) is 2.31. The summed E-state index contributed by atoms with van der Waals surface area (Å²) in [6.07, 6.45) is 0.253. The second-order valence-corrected chi connectivity index (χ2v) is 6.70. The van der Waals surface area contributed by atoms with E-state index in [1.807, 2.05) is 0 Å². The normalized spacial score (nSPS) is 14.4. The maximum Gasteiger partial charge on any atom is 0.347 e. The summed E-state index contributed by atoms with van der Waals surface area (Å²) in [6, 6.07) is 8.34. The van der Waals surface area contributed by atoms with Crippen molar-refractivity contribution in [1.82, 2.24) is 4.90 Å². The number of likely N-dealkylation sites (tertiary alicyclic amines) is 1. The largest absolute Gasteiger partial charge is 0.422 e. The first-order chi connectivity index (χ1) is 11.5. The summed E-state index contributed by atoms with van der Waals surface area (Å²) in [5.74, 6) is -1.36. The molecule has 122 valence electrons. The van der Waals surface area contributed by atoms with Gasteiger partial charge in [0.25, 0.3) is 0 Å². The minimum atomic E-state index is -0.724. The van der Waals surface area contributed by atoms with Crippen molar-refractivity contribution in [3.05, 3.63) is 46.3 Å². The molecule has 1 aromatic heterocycles. The zero-order valence-corrected chi connectivity index (χ0v) is 13.9. The van der Waals surface area contributed by atoms with Crippen LogP contribution in [0.5, 0.6) is 0 Å². The average Bonchev–Trinajstić information content (AvgIpc) is 2.90. The van der Waals surface area contributed by atoms with Crippen LogP contribution in [-0.4, -0.2) is 32.6 Å². The van der Waals surface area contributed by atoms with E-state index < -0.39 is 11.4 Å². The Morgan fingerprint density at radius 2 is 1.83 bits per heavy atom. The highest BCUT2D eigenvalue weighted by atomic mass is 32.2. The molecule has 0 aliphatic carbocycles. The van der Waals surface area contributed by atoms with Crippen LogP contribution in [-0.2, 0) is 9.59 Å². The lowest BCUT2D eigenvalue weighted by atomic mass is 10.1. The molecular weight excluding hydrogens is 350 g/mol. The average molecular weight is 361 g/mol. The number of hydrogen-bond donors (Lipinski definition) is 0. The van der Waals surface area contributed by atoms with Crippen LogP contribution < -0.4 is 5.63 Å². The number of carbonyl (C=O) groups excluding carboxylic acids is 3. The van der Waals surface area contributed by atoms with Crippen molar-refractivity contribution in [3.8, 4) is 0 Å². The van der Waals surface area contributed by atoms with Crippen molar-refractivity contribution < 1.29 is 18.8 Å². The van der Waals surface area contributed by atoms with Gasteiger partial charge in [-0.2, -0.15) is 0 Å². The van der Waals surface area contributed by atoms with Crippen LogP contribution in [0.3, 0.4) is 0 Å². The molecule has 2 amide bonds. The summed E-state index contributed by atoms with van der Waals surface area (Å²) >= 11 is 5.92. The molecule has 24 heavy (non-hydrogen) atoms. The second kappa shape index (κ2) is 6.66. The predicted molar refractivity (Wildman–Crippen MR) is 93.0 cm³/mol. The SMILES string of the molecule is O=C(CSC(=S)N1C(=O)CCC1=O)c1cc2ccccc2oc1=O. The Morgan fingerprint density at radius 1 is 1.17 bits per heavy atom. The number of rotatable bonds is 3. The highest BCUT2D eigenvalue weighted by molar-refractivity contribution is 8.23. The highest BCUT2D eigenvalue weighted by Crippen LogP contribution is 2.20. The van der Waals surface area contributed by atoms with Gasteiger partial charge in [0.15, 0.2) is 5.78 Å². The number of thioether (sulfide) groups is 1. The van der Waals surface area contributed by atoms with E-state index in [0.29, 0.717) is 11.0 Å². The van der Waals surface area contributed by atoms with Crippen LogP contribution in [0.25, 0.3) is 11.0 Å². The number of benzene rings is 1. The molecule has 1 aromatic carbocycles. The van der Waals surface area contributed by atoms with E-state index in [4.69, 9.17) is 16.6 Å². The zero-order valence-electron chi connectivity index (χ0n) is 12.3. The van der Waals surface area contributed by atoms with E-state index in [0.717, 1.165) is 16.7 Å². The lowest BCUT2D eigenvalue weighted by molar-refractivity contribution is -0.133. The van der Waals surface area contributed by atoms with Gasteiger partial charge in [-0.1, -0.05) is 42.2 Å². The minimum absolute atomic E-state index is 0.0287. The smallest absolute Gasteiger partial charge is 0.347 e. The Kier molecular flexibility index (Phi) is 4.59. The number of hydrogen-bond acceptors (Lipinski definition) is 7. The van der Waals surface area contributed by atoms with E-state index in [-0.39, 0.29) is 40.3 Å². The van der Waals surface area contributed by atoms with Gasteiger partial charge in [-0.05, 0) is 12.1 Å². The zero-order chi connectivity index (χ0) is 17.3. The first kappa shape index (κ1) is 16.5. The van der Waals surface area contributed by atoms with E-state index >= 15 is 0 Å². The van der Waals surface area contributed by atoms with Crippen LogP contribution in [0.4, 0.5) is 0 Å². The van der Waals surface area contributed by atoms with E-state index in [2.05, 4.69) is 0 Å². The standard InChI is InChI=1S/C16H11NO5S2/c18-11(8-24-16(23)17-13(19)5-6-14(17)20)10-7-9-3-1-2-4-12(9)22-15(10)21/h1-4,7H,5-6,8H2. The molecule has 8 heteroatoms. The van der Waals surface area contributed by atoms with Gasteiger partial charge < -0.3 is 4.42 Å². The summed E-state index contributed by atoms with van der Waals surface area (Å²) in [5, 5.41) is 0.637. The van der Waals surface area contributed by atoms with Crippen molar-refractivity contribution in [2.75, 3.05) is 5.75 Å². The molecule has 3 rings (SSSR count). The number of carbonyl (C=O) groups is 3. The van der Waals surface area contributed by atoms with Crippen molar-refractivity contribution >= 4 is 56.9 Å². The van der Waals surface area contributed by atoms with Crippen LogP contribution >= 0.6 is 24.0 Å². The minimum Gasteiger partial charge on any atom is -0.422 e. The Balaban J connectivity index is 1.75. The third-order valence-corrected chi connectivity index (χ3v) is 4.87. The molecule has 0 spiro atoms. The van der Waals surface area contributed by atoms with Crippen LogP contribution in [0.2, 0.25) is 0 Å². The Morgan fingerprint density at radius 3 is 2.54 bits per heavy atom. The van der Waals surface area contributed by atoms with Crippen LogP contribution in [0, 0.1) is 0 Å². The molecule has 0 N–H and O–H groups in total. The second-order valence-electron chi connectivity index (χ2n) is 5.09. The maximum absolute atomic E-state index is 12.3. The van der Waals surface area contributed by atoms with Gasteiger partial charge in [0.05, 0.1) is 5.75 Å². The number of ketones is 1. The van der Waals surface area contributed by atoms with Gasteiger partial charge in [-0.15, -0.1) is 0 Å². The van der Waals surface area contributed by atoms with Gasteiger partial charge in [0.1, 0.15) is 15.5 Å². The number of amides is 2. The third kappa shape index (κ3) is 3.15. The molecule has 1 aliphatic rings. The monoisotopic (exact) mass is 361 g/mol. The molecule has 0 bridgehead atoms. The van der Waals surface area contributed by atoms with E-state index in [9.17, 15) is 19.2 Å². The Bertz CT molecular complexity index is 917. The number of imide groups is 1. The number of Topliss-reactive ketones (excluding diaryl/α,β-unsaturated/α-hetero) is 1. The fraction of sp³-hybridized carbons (Fsp3) is 0.188. The Hall–Kier alpha value is -2.32. The number of nitrogens with zero attached hydrogens (tertiary/aromatic N) is 1. The van der Waals surface area contributed by atoms with Crippen molar-refractivity contribution in [3.63, 3.8) is 0 Å². The number of thiocarbonyl (C=S) groups is 1. The quantitative estimate of drug-likeness (QED) is 0.358. The topological polar surface area (TPSA) is 84.7 Å². The van der Waals surface area contributed by atoms with Crippen LogP contribution in [0.15, 0.2) is 39.5 Å². The molecular formula is C16H11NO5S2. The van der Waals surface area contributed by atoms with Gasteiger partial charge in [0, 0.05) is 18.2 Å².